The van der Waals surface area contributed by atoms with Crippen LogP contribution in [-0.2, 0) is 6.54 Å². The Morgan fingerprint density at radius 1 is 1.25 bits per heavy atom. The van der Waals surface area contributed by atoms with Crippen LogP contribution in [0.4, 0.5) is 8.78 Å². The van der Waals surface area contributed by atoms with Gasteiger partial charge < -0.3 is 5.32 Å². The van der Waals surface area contributed by atoms with E-state index < -0.39 is 11.6 Å². The fraction of sp³-hybridized carbons (Fsp3) is 0.538. The van der Waals surface area contributed by atoms with E-state index in [-0.39, 0.29) is 0 Å². The van der Waals surface area contributed by atoms with Gasteiger partial charge in [-0.15, -0.1) is 0 Å². The van der Waals surface area contributed by atoms with Gasteiger partial charge in [0.15, 0.2) is 11.6 Å². The van der Waals surface area contributed by atoms with Crippen molar-refractivity contribution in [2.45, 2.75) is 32.7 Å². The van der Waals surface area contributed by atoms with E-state index in [9.17, 15) is 8.78 Å². The highest BCUT2D eigenvalue weighted by atomic mass is 19.2. The SMILES string of the molecule is CC1(CNCc2ccc(F)c(F)c2)CCC1. The van der Waals surface area contributed by atoms with E-state index in [1.807, 2.05) is 0 Å². The summed E-state index contributed by atoms with van der Waals surface area (Å²) in [6, 6.07) is 4.05. The van der Waals surface area contributed by atoms with Gasteiger partial charge in [0.25, 0.3) is 0 Å². The third-order valence-electron chi connectivity index (χ3n) is 3.43. The second-order valence-electron chi connectivity index (χ2n) is 5.02. The average molecular weight is 225 g/mol. The summed E-state index contributed by atoms with van der Waals surface area (Å²) in [5.74, 6) is -1.55. The predicted octanol–water partition coefficient (Wildman–Crippen LogP) is 3.24. The highest BCUT2D eigenvalue weighted by Gasteiger charge is 2.30. The first-order chi connectivity index (χ1) is 7.59. The lowest BCUT2D eigenvalue weighted by molar-refractivity contribution is 0.156. The lowest BCUT2D eigenvalue weighted by Crippen LogP contribution is -2.36. The van der Waals surface area contributed by atoms with Crippen LogP contribution in [0.3, 0.4) is 0 Å². The van der Waals surface area contributed by atoms with Gasteiger partial charge in [-0.05, 0) is 36.0 Å². The molecule has 0 aliphatic heterocycles. The Morgan fingerprint density at radius 3 is 2.56 bits per heavy atom. The Labute approximate surface area is 94.9 Å². The number of benzene rings is 1. The Kier molecular flexibility index (Phi) is 3.24. The second-order valence-corrected chi connectivity index (χ2v) is 5.02. The first-order valence-corrected chi connectivity index (χ1v) is 5.74. The minimum absolute atomic E-state index is 0.415. The Balaban J connectivity index is 1.83. The highest BCUT2D eigenvalue weighted by molar-refractivity contribution is 5.17. The molecule has 2 rings (SSSR count). The molecular weight excluding hydrogens is 208 g/mol. The van der Waals surface area contributed by atoms with Crippen molar-refractivity contribution < 1.29 is 8.78 Å². The second kappa shape index (κ2) is 4.50. The van der Waals surface area contributed by atoms with Gasteiger partial charge in [-0.25, -0.2) is 8.78 Å². The van der Waals surface area contributed by atoms with Crippen LogP contribution in [0.2, 0.25) is 0 Å². The van der Waals surface area contributed by atoms with Crippen molar-refractivity contribution in [1.82, 2.24) is 5.32 Å². The largest absolute Gasteiger partial charge is 0.312 e. The molecule has 3 heteroatoms. The molecule has 1 aromatic rings. The molecule has 0 spiro atoms. The normalized spacial score (nSPS) is 18.2. The van der Waals surface area contributed by atoms with Crippen molar-refractivity contribution in [3.63, 3.8) is 0 Å². The monoisotopic (exact) mass is 225 g/mol. The van der Waals surface area contributed by atoms with Gasteiger partial charge in [-0.2, -0.15) is 0 Å². The highest BCUT2D eigenvalue weighted by Crippen LogP contribution is 2.39. The van der Waals surface area contributed by atoms with Crippen LogP contribution >= 0.6 is 0 Å². The van der Waals surface area contributed by atoms with E-state index in [0.717, 1.165) is 12.1 Å². The molecule has 0 amide bonds. The third-order valence-corrected chi connectivity index (χ3v) is 3.43. The molecule has 88 valence electrons. The quantitative estimate of drug-likeness (QED) is 0.829. The zero-order valence-corrected chi connectivity index (χ0v) is 9.52. The molecule has 0 saturated heterocycles. The molecule has 0 atom stereocenters. The number of rotatable bonds is 4. The maximum absolute atomic E-state index is 12.9. The van der Waals surface area contributed by atoms with Gasteiger partial charge in [0, 0.05) is 13.1 Å². The van der Waals surface area contributed by atoms with Crippen LogP contribution in [0.1, 0.15) is 31.7 Å². The minimum Gasteiger partial charge on any atom is -0.312 e. The molecule has 1 aromatic carbocycles. The van der Waals surface area contributed by atoms with E-state index in [1.165, 1.54) is 31.4 Å². The van der Waals surface area contributed by atoms with Gasteiger partial charge in [0.05, 0.1) is 0 Å². The summed E-state index contributed by atoms with van der Waals surface area (Å²) in [5, 5.41) is 3.30. The lowest BCUT2D eigenvalue weighted by atomic mass is 9.70. The van der Waals surface area contributed by atoms with Crippen molar-refractivity contribution in [2.24, 2.45) is 5.41 Å². The molecule has 1 N–H and O–H groups in total. The number of nitrogens with one attached hydrogen (secondary N) is 1. The summed E-state index contributed by atoms with van der Waals surface area (Å²) >= 11 is 0. The minimum atomic E-state index is -0.783. The predicted molar refractivity (Wildman–Crippen MR) is 60.0 cm³/mol. The van der Waals surface area contributed by atoms with Crippen LogP contribution in [0.5, 0.6) is 0 Å². The zero-order valence-electron chi connectivity index (χ0n) is 9.52. The van der Waals surface area contributed by atoms with Crippen LogP contribution in [0.25, 0.3) is 0 Å². The van der Waals surface area contributed by atoms with Gasteiger partial charge in [0.1, 0.15) is 0 Å². The molecule has 0 radical (unpaired) electrons. The number of halogens is 2. The van der Waals surface area contributed by atoms with Crippen LogP contribution in [0, 0.1) is 17.0 Å². The molecule has 1 aliphatic carbocycles. The third kappa shape index (κ3) is 2.59. The molecule has 1 aliphatic rings. The number of hydrogen-bond donors (Lipinski definition) is 1. The maximum atomic E-state index is 12.9. The van der Waals surface area contributed by atoms with Gasteiger partial charge in [0.2, 0.25) is 0 Å². The van der Waals surface area contributed by atoms with Crippen LogP contribution < -0.4 is 5.32 Å². The smallest absolute Gasteiger partial charge is 0.159 e. The first-order valence-electron chi connectivity index (χ1n) is 5.74. The molecule has 0 aromatic heterocycles. The summed E-state index contributed by atoms with van der Waals surface area (Å²) in [7, 11) is 0. The van der Waals surface area contributed by atoms with E-state index in [0.29, 0.717) is 12.0 Å². The lowest BCUT2D eigenvalue weighted by Gasteiger charge is -2.38. The summed E-state index contributed by atoms with van der Waals surface area (Å²) in [4.78, 5) is 0. The topological polar surface area (TPSA) is 12.0 Å². The van der Waals surface area contributed by atoms with Crippen LogP contribution in [0.15, 0.2) is 18.2 Å². The van der Waals surface area contributed by atoms with Gasteiger partial charge >= 0.3 is 0 Å². The first kappa shape index (κ1) is 11.5. The van der Waals surface area contributed by atoms with E-state index in [4.69, 9.17) is 0 Å². The molecule has 0 heterocycles. The Bertz CT molecular complexity index is 372. The van der Waals surface area contributed by atoms with E-state index in [1.54, 1.807) is 6.07 Å². The van der Waals surface area contributed by atoms with Crippen molar-refractivity contribution in [1.29, 1.82) is 0 Å². The molecule has 1 saturated carbocycles. The van der Waals surface area contributed by atoms with Gasteiger partial charge in [-0.1, -0.05) is 19.4 Å². The summed E-state index contributed by atoms with van der Waals surface area (Å²) in [5.41, 5.74) is 1.21. The number of hydrogen-bond acceptors (Lipinski definition) is 1. The molecule has 16 heavy (non-hydrogen) atoms. The Morgan fingerprint density at radius 2 is 2.00 bits per heavy atom. The molecule has 0 unspecified atom stereocenters. The zero-order chi connectivity index (χ0) is 11.6. The van der Waals surface area contributed by atoms with Crippen molar-refractivity contribution >= 4 is 0 Å². The summed E-state index contributed by atoms with van der Waals surface area (Å²) in [6.45, 7) is 3.81. The molecule has 1 nitrogen and oxygen atoms in total. The van der Waals surface area contributed by atoms with Crippen molar-refractivity contribution in [3.05, 3.63) is 35.4 Å². The molecule has 1 fully saturated rings. The molecular formula is C13H17F2N. The maximum Gasteiger partial charge on any atom is 0.159 e. The molecule has 0 bridgehead atoms. The van der Waals surface area contributed by atoms with Crippen LogP contribution in [-0.4, -0.2) is 6.54 Å². The van der Waals surface area contributed by atoms with Crippen molar-refractivity contribution in [2.75, 3.05) is 6.54 Å². The average Bonchev–Trinajstić information content (AvgIpc) is 2.21. The standard InChI is InChI=1S/C13H17F2N/c1-13(5-2-6-13)9-16-8-10-3-4-11(14)12(15)7-10/h3-4,7,16H,2,5-6,8-9H2,1H3. The fourth-order valence-electron chi connectivity index (χ4n) is 2.12. The Hall–Kier alpha value is -0.960. The fourth-order valence-corrected chi connectivity index (χ4v) is 2.12. The summed E-state index contributed by atoms with van der Waals surface area (Å²) < 4.78 is 25.6. The van der Waals surface area contributed by atoms with E-state index >= 15 is 0 Å². The van der Waals surface area contributed by atoms with Gasteiger partial charge in [-0.3, -0.25) is 0 Å². The van der Waals surface area contributed by atoms with E-state index in [2.05, 4.69) is 12.2 Å². The van der Waals surface area contributed by atoms with Crippen molar-refractivity contribution in [3.8, 4) is 0 Å². The summed E-state index contributed by atoms with van der Waals surface area (Å²) in [6.07, 6.45) is 3.83.